The highest BCUT2D eigenvalue weighted by Crippen LogP contribution is 2.34. The second kappa shape index (κ2) is 7.53. The van der Waals surface area contributed by atoms with E-state index in [-0.39, 0.29) is 17.3 Å². The second-order valence-electron chi connectivity index (χ2n) is 7.52. The minimum atomic E-state index is -0.251. The van der Waals surface area contributed by atoms with E-state index in [9.17, 15) is 4.79 Å². The van der Waals surface area contributed by atoms with E-state index < -0.39 is 0 Å². The molecule has 25 heavy (non-hydrogen) atoms. The topological polar surface area (TPSA) is 65.8 Å². The Morgan fingerprint density at radius 3 is 3.04 bits per heavy atom. The minimum absolute atomic E-state index is 0.0194. The fourth-order valence-corrected chi connectivity index (χ4v) is 4.20. The van der Waals surface area contributed by atoms with Gasteiger partial charge in [0.05, 0.1) is 32.5 Å². The van der Waals surface area contributed by atoms with Crippen LogP contribution in [0.2, 0.25) is 0 Å². The first-order valence-corrected chi connectivity index (χ1v) is 9.30. The predicted molar refractivity (Wildman–Crippen MR) is 91.5 cm³/mol. The molecule has 0 N–H and O–H groups in total. The van der Waals surface area contributed by atoms with Gasteiger partial charge in [-0.3, -0.25) is 9.69 Å². The molecule has 0 aromatic carbocycles. The molecule has 3 fully saturated rings. The summed E-state index contributed by atoms with van der Waals surface area (Å²) in [5.41, 5.74) is -0.328. The molecule has 3 aliphatic rings. The van der Waals surface area contributed by atoms with Crippen molar-refractivity contribution in [2.45, 2.75) is 37.5 Å². The van der Waals surface area contributed by atoms with Gasteiger partial charge in [0.15, 0.2) is 0 Å². The molecule has 0 saturated carbocycles. The molecule has 3 atom stereocenters. The van der Waals surface area contributed by atoms with Gasteiger partial charge >= 0.3 is 0 Å². The van der Waals surface area contributed by atoms with E-state index in [1.165, 1.54) is 10.7 Å². The molecule has 138 valence electrons. The molecule has 4 rings (SSSR count). The molecule has 3 aliphatic heterocycles. The largest absolute Gasteiger partial charge is 0.381 e. The Bertz CT molecular complexity index is 631. The first-order valence-electron chi connectivity index (χ1n) is 9.30. The van der Waals surface area contributed by atoms with Crippen LogP contribution in [0, 0.1) is 5.92 Å². The number of hydrogen-bond donors (Lipinski definition) is 0. The van der Waals surface area contributed by atoms with Crippen molar-refractivity contribution in [3.63, 3.8) is 0 Å². The summed E-state index contributed by atoms with van der Waals surface area (Å²) in [5, 5.41) is 4.15. The summed E-state index contributed by atoms with van der Waals surface area (Å²) < 4.78 is 19.3. The maximum absolute atomic E-state index is 11.9. The summed E-state index contributed by atoms with van der Waals surface area (Å²) in [5.74, 6) is 0.624. The monoisotopic (exact) mass is 349 g/mol. The minimum Gasteiger partial charge on any atom is -0.381 e. The van der Waals surface area contributed by atoms with Crippen molar-refractivity contribution in [2.24, 2.45) is 5.92 Å². The Hall–Kier alpha value is -1.28. The number of aromatic nitrogens is 2. The van der Waals surface area contributed by atoms with Crippen LogP contribution in [0.1, 0.15) is 19.3 Å². The van der Waals surface area contributed by atoms with E-state index in [1.54, 1.807) is 12.3 Å². The Kier molecular flexibility index (Phi) is 5.17. The maximum Gasteiger partial charge on any atom is 0.266 e. The van der Waals surface area contributed by atoms with Gasteiger partial charge in [0.2, 0.25) is 0 Å². The number of hydrogen-bond acceptors (Lipinski definition) is 6. The van der Waals surface area contributed by atoms with E-state index in [1.807, 2.05) is 0 Å². The number of ether oxygens (including phenoxy) is 3. The molecule has 3 saturated heterocycles. The van der Waals surface area contributed by atoms with Crippen LogP contribution in [-0.4, -0.2) is 72.4 Å². The van der Waals surface area contributed by atoms with Crippen LogP contribution >= 0.6 is 0 Å². The first kappa shape index (κ1) is 17.1. The van der Waals surface area contributed by atoms with Crippen molar-refractivity contribution >= 4 is 0 Å². The molecule has 1 aromatic heterocycles. The fraction of sp³-hybridized carbons (Fsp3) is 0.778. The third-order valence-corrected chi connectivity index (χ3v) is 5.47. The van der Waals surface area contributed by atoms with Gasteiger partial charge in [0.25, 0.3) is 5.56 Å². The van der Waals surface area contributed by atoms with Crippen molar-refractivity contribution < 1.29 is 14.2 Å². The molecule has 3 unspecified atom stereocenters. The van der Waals surface area contributed by atoms with E-state index in [2.05, 4.69) is 10.00 Å². The van der Waals surface area contributed by atoms with Gasteiger partial charge in [-0.1, -0.05) is 0 Å². The van der Waals surface area contributed by atoms with Gasteiger partial charge in [0.1, 0.15) is 5.60 Å². The van der Waals surface area contributed by atoms with Crippen LogP contribution in [-0.2, 0) is 20.8 Å². The van der Waals surface area contributed by atoms with Crippen molar-refractivity contribution in [1.82, 2.24) is 14.7 Å². The lowest BCUT2D eigenvalue weighted by Crippen LogP contribution is -2.46. The summed E-state index contributed by atoms with van der Waals surface area (Å²) in [4.78, 5) is 14.3. The highest BCUT2D eigenvalue weighted by molar-refractivity contribution is 4.94. The summed E-state index contributed by atoms with van der Waals surface area (Å²) in [6.45, 7) is 6.56. The summed E-state index contributed by atoms with van der Waals surface area (Å²) >= 11 is 0. The summed E-state index contributed by atoms with van der Waals surface area (Å²) in [7, 11) is 0. The highest BCUT2D eigenvalue weighted by atomic mass is 16.6. The first-order chi connectivity index (χ1) is 12.2. The Balaban J connectivity index is 1.38. The van der Waals surface area contributed by atoms with E-state index in [4.69, 9.17) is 14.2 Å². The second-order valence-corrected chi connectivity index (χ2v) is 7.52. The Labute approximate surface area is 147 Å². The molecule has 7 heteroatoms. The normalized spacial score (nSPS) is 33.8. The Morgan fingerprint density at radius 1 is 1.24 bits per heavy atom. The fourth-order valence-electron chi connectivity index (χ4n) is 4.20. The zero-order chi connectivity index (χ0) is 17.1. The van der Waals surface area contributed by atoms with Crippen molar-refractivity contribution in [2.75, 3.05) is 46.1 Å². The van der Waals surface area contributed by atoms with Gasteiger partial charge in [-0.2, -0.15) is 5.10 Å². The standard InChI is InChI=1S/C18H27N3O4/c22-17-2-1-6-19-21(17)11-16-3-5-18(25-16)13-20(7-9-24-14-18)10-15-4-8-23-12-15/h1-2,6,15-16H,3-5,7-14H2. The summed E-state index contributed by atoms with van der Waals surface area (Å²) in [6, 6.07) is 3.21. The SMILES string of the molecule is O=c1cccnn1CC1CCC2(COCCN(CC3CCOC3)C2)O1. The van der Waals surface area contributed by atoms with Crippen LogP contribution < -0.4 is 5.56 Å². The van der Waals surface area contributed by atoms with Gasteiger partial charge < -0.3 is 14.2 Å². The summed E-state index contributed by atoms with van der Waals surface area (Å²) in [6.07, 6.45) is 4.72. The lowest BCUT2D eigenvalue weighted by Gasteiger charge is -2.33. The third-order valence-electron chi connectivity index (χ3n) is 5.47. The van der Waals surface area contributed by atoms with Gasteiger partial charge in [-0.25, -0.2) is 4.68 Å². The lowest BCUT2D eigenvalue weighted by molar-refractivity contribution is -0.0909. The van der Waals surface area contributed by atoms with E-state index >= 15 is 0 Å². The zero-order valence-electron chi connectivity index (χ0n) is 14.6. The third kappa shape index (κ3) is 4.11. The molecular weight excluding hydrogens is 322 g/mol. The zero-order valence-corrected chi connectivity index (χ0v) is 14.6. The van der Waals surface area contributed by atoms with E-state index in [0.29, 0.717) is 19.1 Å². The predicted octanol–water partition coefficient (Wildman–Crippen LogP) is 0.530. The molecule has 1 aromatic rings. The highest BCUT2D eigenvalue weighted by Gasteiger charge is 2.43. The van der Waals surface area contributed by atoms with Gasteiger partial charge in [-0.05, 0) is 31.2 Å². The van der Waals surface area contributed by atoms with Crippen molar-refractivity contribution in [3.05, 3.63) is 28.7 Å². The molecule has 0 bridgehead atoms. The molecule has 0 aliphatic carbocycles. The smallest absolute Gasteiger partial charge is 0.266 e. The van der Waals surface area contributed by atoms with Crippen LogP contribution in [0.25, 0.3) is 0 Å². The van der Waals surface area contributed by atoms with Crippen molar-refractivity contribution in [1.29, 1.82) is 0 Å². The Morgan fingerprint density at radius 2 is 2.20 bits per heavy atom. The average molecular weight is 349 g/mol. The van der Waals surface area contributed by atoms with Crippen LogP contribution in [0.5, 0.6) is 0 Å². The molecule has 4 heterocycles. The van der Waals surface area contributed by atoms with Crippen LogP contribution in [0.4, 0.5) is 0 Å². The van der Waals surface area contributed by atoms with Crippen LogP contribution in [0.15, 0.2) is 23.1 Å². The number of nitrogens with zero attached hydrogens (tertiary/aromatic N) is 3. The molecule has 0 radical (unpaired) electrons. The number of rotatable bonds is 4. The van der Waals surface area contributed by atoms with Gasteiger partial charge in [0, 0.05) is 38.5 Å². The van der Waals surface area contributed by atoms with Gasteiger partial charge in [-0.15, -0.1) is 0 Å². The van der Waals surface area contributed by atoms with Crippen molar-refractivity contribution in [3.8, 4) is 0 Å². The maximum atomic E-state index is 11.9. The molecular formula is C18H27N3O4. The molecule has 1 spiro atoms. The molecule has 0 amide bonds. The average Bonchev–Trinajstić information content (AvgIpc) is 3.19. The quantitative estimate of drug-likeness (QED) is 0.790. The van der Waals surface area contributed by atoms with E-state index in [0.717, 1.165) is 58.7 Å². The van der Waals surface area contributed by atoms with Crippen LogP contribution in [0.3, 0.4) is 0 Å². The lowest BCUT2D eigenvalue weighted by atomic mass is 9.99. The molecule has 7 nitrogen and oxygen atoms in total.